The zero-order chi connectivity index (χ0) is 13.4. The van der Waals surface area contributed by atoms with Crippen LogP contribution in [0.2, 0.25) is 0 Å². The Kier molecular flexibility index (Phi) is 3.70. The lowest BCUT2D eigenvalue weighted by molar-refractivity contribution is 0.324. The van der Waals surface area contributed by atoms with Crippen LogP contribution in [0.3, 0.4) is 0 Å². The van der Waals surface area contributed by atoms with Crippen molar-refractivity contribution in [2.75, 3.05) is 6.54 Å². The first-order valence-corrected chi connectivity index (χ1v) is 9.23. The number of allylic oxidation sites excluding steroid dienone is 2. The Bertz CT molecular complexity index is 458. The van der Waals surface area contributed by atoms with Gasteiger partial charge in [0.2, 0.25) is 0 Å². The van der Waals surface area contributed by atoms with Crippen LogP contribution >= 0.6 is 11.3 Å². The van der Waals surface area contributed by atoms with E-state index in [9.17, 15) is 0 Å². The first-order valence-electron chi connectivity index (χ1n) is 8.35. The lowest BCUT2D eigenvalue weighted by atomic mass is 9.91. The quantitative estimate of drug-likeness (QED) is 0.768. The molecule has 2 heteroatoms. The second-order valence-corrected chi connectivity index (χ2v) is 7.97. The van der Waals surface area contributed by atoms with Crippen molar-refractivity contribution in [2.24, 2.45) is 23.7 Å². The standard InChI is InChI=1S/C18H25NS/c1-2-5-14(4-1)18(17-6-3-9-20-17)19-12-16-11-13-7-8-15(16)10-13/h3,6-9,13-16,18-19H,1-2,4-5,10-12H2. The Labute approximate surface area is 126 Å². The van der Waals surface area contributed by atoms with Crippen LogP contribution in [0.15, 0.2) is 29.7 Å². The fourth-order valence-corrected chi connectivity index (χ4v) is 5.56. The van der Waals surface area contributed by atoms with E-state index < -0.39 is 0 Å². The fourth-order valence-electron chi connectivity index (χ4n) is 4.67. The van der Waals surface area contributed by atoms with Gasteiger partial charge < -0.3 is 5.32 Å². The zero-order valence-electron chi connectivity index (χ0n) is 12.1. The molecule has 20 heavy (non-hydrogen) atoms. The third-order valence-electron chi connectivity index (χ3n) is 5.74. The van der Waals surface area contributed by atoms with Gasteiger partial charge in [-0.25, -0.2) is 0 Å². The monoisotopic (exact) mass is 287 g/mol. The maximum absolute atomic E-state index is 3.97. The molecule has 1 N–H and O–H groups in total. The molecule has 0 spiro atoms. The van der Waals surface area contributed by atoms with Crippen molar-refractivity contribution < 1.29 is 0 Å². The number of hydrogen-bond acceptors (Lipinski definition) is 2. The summed E-state index contributed by atoms with van der Waals surface area (Å²) >= 11 is 1.94. The lowest BCUT2D eigenvalue weighted by Gasteiger charge is -2.27. The van der Waals surface area contributed by atoms with Crippen LogP contribution in [0.25, 0.3) is 0 Å². The van der Waals surface area contributed by atoms with Crippen LogP contribution in [0.1, 0.15) is 49.4 Å². The van der Waals surface area contributed by atoms with Crippen LogP contribution in [-0.4, -0.2) is 6.54 Å². The highest BCUT2D eigenvalue weighted by Gasteiger charge is 2.36. The van der Waals surface area contributed by atoms with E-state index in [0.29, 0.717) is 6.04 Å². The van der Waals surface area contributed by atoms with E-state index >= 15 is 0 Å². The second kappa shape index (κ2) is 5.65. The number of fused-ring (bicyclic) bond motifs is 2. The Morgan fingerprint density at radius 2 is 2.10 bits per heavy atom. The summed E-state index contributed by atoms with van der Waals surface area (Å²) in [6.45, 7) is 1.23. The molecular formula is C18H25NS. The molecule has 2 fully saturated rings. The Balaban J connectivity index is 1.41. The van der Waals surface area contributed by atoms with Crippen LogP contribution in [-0.2, 0) is 0 Å². The topological polar surface area (TPSA) is 12.0 Å². The van der Waals surface area contributed by atoms with Gasteiger partial charge in [0, 0.05) is 10.9 Å². The molecule has 4 atom stereocenters. The molecule has 0 amide bonds. The van der Waals surface area contributed by atoms with E-state index in [1.165, 1.54) is 45.1 Å². The van der Waals surface area contributed by atoms with Gasteiger partial charge in [-0.15, -0.1) is 11.3 Å². The van der Waals surface area contributed by atoms with Gasteiger partial charge in [-0.3, -0.25) is 0 Å². The molecule has 0 radical (unpaired) electrons. The summed E-state index contributed by atoms with van der Waals surface area (Å²) in [5.74, 6) is 3.55. The van der Waals surface area contributed by atoms with Gasteiger partial charge in [0.15, 0.2) is 0 Å². The molecule has 2 saturated carbocycles. The molecule has 4 rings (SSSR count). The average molecular weight is 287 g/mol. The van der Waals surface area contributed by atoms with Crippen molar-refractivity contribution in [3.05, 3.63) is 34.5 Å². The van der Waals surface area contributed by atoms with Gasteiger partial charge in [-0.1, -0.05) is 31.1 Å². The normalized spacial score (nSPS) is 34.1. The van der Waals surface area contributed by atoms with Crippen molar-refractivity contribution >= 4 is 11.3 Å². The number of nitrogens with one attached hydrogen (secondary N) is 1. The summed E-state index contributed by atoms with van der Waals surface area (Å²) in [6, 6.07) is 5.17. The maximum atomic E-state index is 3.97. The Morgan fingerprint density at radius 3 is 2.75 bits per heavy atom. The predicted molar refractivity (Wildman–Crippen MR) is 85.9 cm³/mol. The average Bonchev–Trinajstić information content (AvgIpc) is 3.25. The molecule has 108 valence electrons. The SMILES string of the molecule is C1=CC2CC1CC2CNC(c1cccs1)C1CCCC1. The van der Waals surface area contributed by atoms with E-state index in [-0.39, 0.29) is 0 Å². The molecule has 1 aromatic rings. The molecule has 4 unspecified atom stereocenters. The Morgan fingerprint density at radius 1 is 1.20 bits per heavy atom. The summed E-state index contributed by atoms with van der Waals surface area (Å²) in [6.07, 6.45) is 13.5. The minimum Gasteiger partial charge on any atom is -0.309 e. The molecule has 1 heterocycles. The highest BCUT2D eigenvalue weighted by atomic mass is 32.1. The smallest absolute Gasteiger partial charge is 0.0443 e. The van der Waals surface area contributed by atoms with Crippen molar-refractivity contribution in [3.63, 3.8) is 0 Å². The van der Waals surface area contributed by atoms with Crippen molar-refractivity contribution in [3.8, 4) is 0 Å². The number of thiophene rings is 1. The maximum Gasteiger partial charge on any atom is 0.0443 e. The first kappa shape index (κ1) is 13.1. The van der Waals surface area contributed by atoms with Gasteiger partial charge in [0.05, 0.1) is 0 Å². The van der Waals surface area contributed by atoms with Crippen LogP contribution < -0.4 is 5.32 Å². The third-order valence-corrected chi connectivity index (χ3v) is 6.69. The largest absolute Gasteiger partial charge is 0.309 e. The summed E-state index contributed by atoms with van der Waals surface area (Å²) in [7, 11) is 0. The van der Waals surface area contributed by atoms with Gasteiger partial charge in [0.1, 0.15) is 0 Å². The molecule has 1 nitrogen and oxygen atoms in total. The van der Waals surface area contributed by atoms with E-state index in [1.54, 1.807) is 4.88 Å². The third kappa shape index (κ3) is 2.48. The molecule has 0 aromatic carbocycles. The fraction of sp³-hybridized carbons (Fsp3) is 0.667. The van der Waals surface area contributed by atoms with E-state index in [0.717, 1.165) is 23.7 Å². The molecule has 0 aliphatic heterocycles. The summed E-state index contributed by atoms with van der Waals surface area (Å²) in [5.41, 5.74) is 0. The summed E-state index contributed by atoms with van der Waals surface area (Å²) in [5, 5.41) is 6.20. The molecule has 1 aromatic heterocycles. The lowest BCUT2D eigenvalue weighted by Crippen LogP contribution is -2.32. The van der Waals surface area contributed by atoms with Gasteiger partial charge >= 0.3 is 0 Å². The van der Waals surface area contributed by atoms with Gasteiger partial charge in [-0.2, -0.15) is 0 Å². The Hall–Kier alpha value is -0.600. The molecule has 2 bridgehead atoms. The van der Waals surface area contributed by atoms with Crippen molar-refractivity contribution in [1.82, 2.24) is 5.32 Å². The molecule has 3 aliphatic carbocycles. The van der Waals surface area contributed by atoms with E-state index in [2.05, 4.69) is 35.0 Å². The van der Waals surface area contributed by atoms with E-state index in [4.69, 9.17) is 0 Å². The van der Waals surface area contributed by atoms with E-state index in [1.807, 2.05) is 11.3 Å². The molecular weight excluding hydrogens is 262 g/mol. The first-order chi connectivity index (χ1) is 9.90. The predicted octanol–water partition coefficient (Wildman–Crippen LogP) is 4.78. The minimum absolute atomic E-state index is 0.626. The van der Waals surface area contributed by atoms with Crippen molar-refractivity contribution in [2.45, 2.75) is 44.6 Å². The highest BCUT2D eigenvalue weighted by molar-refractivity contribution is 7.10. The zero-order valence-corrected chi connectivity index (χ0v) is 12.9. The second-order valence-electron chi connectivity index (χ2n) is 6.99. The summed E-state index contributed by atoms with van der Waals surface area (Å²) in [4.78, 5) is 1.57. The highest BCUT2D eigenvalue weighted by Crippen LogP contribution is 2.44. The summed E-state index contributed by atoms with van der Waals surface area (Å²) < 4.78 is 0. The van der Waals surface area contributed by atoms with Gasteiger partial charge in [-0.05, 0) is 67.3 Å². The van der Waals surface area contributed by atoms with Gasteiger partial charge in [0.25, 0.3) is 0 Å². The van der Waals surface area contributed by atoms with Crippen molar-refractivity contribution in [1.29, 1.82) is 0 Å². The molecule has 0 saturated heterocycles. The van der Waals surface area contributed by atoms with Crippen LogP contribution in [0.5, 0.6) is 0 Å². The van der Waals surface area contributed by atoms with Crippen LogP contribution in [0.4, 0.5) is 0 Å². The minimum atomic E-state index is 0.626. The number of rotatable bonds is 5. The number of hydrogen-bond donors (Lipinski definition) is 1. The van der Waals surface area contributed by atoms with Crippen LogP contribution in [0, 0.1) is 23.7 Å². The molecule has 3 aliphatic rings.